The van der Waals surface area contributed by atoms with E-state index in [4.69, 9.17) is 0 Å². The van der Waals surface area contributed by atoms with E-state index in [2.05, 4.69) is 26.6 Å². The van der Waals surface area contributed by atoms with Crippen molar-refractivity contribution in [2.24, 2.45) is 0 Å². The van der Waals surface area contributed by atoms with E-state index in [1.165, 1.54) is 6.07 Å². The van der Waals surface area contributed by atoms with E-state index in [0.29, 0.717) is 10.2 Å². The number of carbonyl (C=O) groups excluding carboxylic acids is 1. The number of amides is 1. The van der Waals surface area contributed by atoms with Gasteiger partial charge in [-0.15, -0.1) is 0 Å². The van der Waals surface area contributed by atoms with Crippen molar-refractivity contribution in [1.82, 2.24) is 5.32 Å². The summed E-state index contributed by atoms with van der Waals surface area (Å²) in [6.45, 7) is 2.66. The monoisotopic (exact) mass is 328 g/mol. The molecule has 1 aromatic carbocycles. The van der Waals surface area contributed by atoms with Crippen molar-refractivity contribution in [2.45, 2.75) is 38.6 Å². The Kier molecular flexibility index (Phi) is 4.93. The molecule has 0 radical (unpaired) electrons. The summed E-state index contributed by atoms with van der Waals surface area (Å²) < 4.78 is 13.7. The molecule has 1 fully saturated rings. The van der Waals surface area contributed by atoms with Gasteiger partial charge in [0.05, 0.1) is 10.5 Å². The van der Waals surface area contributed by atoms with Crippen LogP contribution in [0.4, 0.5) is 10.1 Å². The molecule has 0 spiro atoms. The molecule has 1 amide bonds. The Bertz CT molecular complexity index is 471. The normalized spacial score (nSPS) is 19.8. The first-order valence-corrected chi connectivity index (χ1v) is 7.37. The molecule has 0 saturated carbocycles. The Balaban J connectivity index is 2.07. The summed E-state index contributed by atoms with van der Waals surface area (Å²) >= 11 is 3.14. The number of hydrogen-bond acceptors (Lipinski definition) is 2. The second-order valence-corrected chi connectivity index (χ2v) is 5.78. The SMILES string of the molecule is Cc1cc(F)c(Br)cc1NC(=O)C1CCCCCN1. The van der Waals surface area contributed by atoms with Gasteiger partial charge in [0.2, 0.25) is 5.91 Å². The highest BCUT2D eigenvalue weighted by Gasteiger charge is 2.20. The Hall–Kier alpha value is -0.940. The van der Waals surface area contributed by atoms with Gasteiger partial charge in [-0.1, -0.05) is 12.8 Å². The average molecular weight is 329 g/mol. The smallest absolute Gasteiger partial charge is 0.241 e. The number of hydrogen-bond donors (Lipinski definition) is 2. The van der Waals surface area contributed by atoms with E-state index >= 15 is 0 Å². The van der Waals surface area contributed by atoms with Crippen LogP contribution in [0.25, 0.3) is 0 Å². The molecule has 104 valence electrons. The third kappa shape index (κ3) is 3.76. The lowest BCUT2D eigenvalue weighted by Gasteiger charge is -2.17. The van der Waals surface area contributed by atoms with Gasteiger partial charge in [-0.05, 0) is 59.9 Å². The van der Waals surface area contributed by atoms with Gasteiger partial charge in [0, 0.05) is 5.69 Å². The number of rotatable bonds is 2. The first-order valence-electron chi connectivity index (χ1n) is 6.58. The summed E-state index contributed by atoms with van der Waals surface area (Å²) in [7, 11) is 0. The molecule has 1 aliphatic rings. The van der Waals surface area contributed by atoms with E-state index in [1.807, 2.05) is 0 Å². The first-order chi connectivity index (χ1) is 9.08. The second kappa shape index (κ2) is 6.48. The van der Waals surface area contributed by atoms with Crippen LogP contribution in [-0.2, 0) is 4.79 Å². The van der Waals surface area contributed by atoms with E-state index in [-0.39, 0.29) is 17.8 Å². The van der Waals surface area contributed by atoms with Crippen LogP contribution in [0.5, 0.6) is 0 Å². The predicted octanol–water partition coefficient (Wildman–Crippen LogP) is 3.37. The topological polar surface area (TPSA) is 41.1 Å². The number of benzene rings is 1. The van der Waals surface area contributed by atoms with Crippen molar-refractivity contribution in [1.29, 1.82) is 0 Å². The fourth-order valence-corrected chi connectivity index (χ4v) is 2.60. The van der Waals surface area contributed by atoms with Crippen LogP contribution >= 0.6 is 15.9 Å². The van der Waals surface area contributed by atoms with E-state index in [9.17, 15) is 9.18 Å². The van der Waals surface area contributed by atoms with Crippen LogP contribution in [0, 0.1) is 12.7 Å². The first kappa shape index (κ1) is 14.5. The molecular weight excluding hydrogens is 311 g/mol. The number of nitrogens with one attached hydrogen (secondary N) is 2. The van der Waals surface area contributed by atoms with Crippen LogP contribution in [0.2, 0.25) is 0 Å². The zero-order chi connectivity index (χ0) is 13.8. The molecule has 1 saturated heterocycles. The molecule has 19 heavy (non-hydrogen) atoms. The van der Waals surface area contributed by atoms with Gasteiger partial charge in [0.1, 0.15) is 5.82 Å². The van der Waals surface area contributed by atoms with Gasteiger partial charge in [0.15, 0.2) is 0 Å². The summed E-state index contributed by atoms with van der Waals surface area (Å²) in [5.74, 6) is -0.355. The summed E-state index contributed by atoms with van der Waals surface area (Å²) in [4.78, 5) is 12.2. The highest BCUT2D eigenvalue weighted by molar-refractivity contribution is 9.10. The van der Waals surface area contributed by atoms with Crippen molar-refractivity contribution >= 4 is 27.5 Å². The predicted molar refractivity (Wildman–Crippen MR) is 77.7 cm³/mol. The standard InChI is InChI=1S/C14H18BrFN2O/c1-9-7-11(16)10(15)8-13(9)18-14(19)12-5-3-2-4-6-17-12/h7-8,12,17H,2-6H2,1H3,(H,18,19). The lowest BCUT2D eigenvalue weighted by Crippen LogP contribution is -2.40. The Labute approximate surface area is 121 Å². The fourth-order valence-electron chi connectivity index (χ4n) is 2.25. The van der Waals surface area contributed by atoms with Crippen molar-refractivity contribution in [3.05, 3.63) is 28.0 Å². The van der Waals surface area contributed by atoms with Crippen molar-refractivity contribution in [2.75, 3.05) is 11.9 Å². The van der Waals surface area contributed by atoms with Crippen molar-refractivity contribution < 1.29 is 9.18 Å². The molecule has 0 aliphatic carbocycles. The van der Waals surface area contributed by atoms with Gasteiger partial charge in [-0.2, -0.15) is 0 Å². The molecule has 1 atom stereocenters. The molecule has 1 unspecified atom stereocenters. The summed E-state index contributed by atoms with van der Waals surface area (Å²) in [6, 6.07) is 2.88. The van der Waals surface area contributed by atoms with Crippen molar-refractivity contribution in [3.8, 4) is 0 Å². The minimum atomic E-state index is -0.317. The zero-order valence-electron chi connectivity index (χ0n) is 10.9. The maximum atomic E-state index is 13.3. The highest BCUT2D eigenvalue weighted by Crippen LogP contribution is 2.24. The Morgan fingerprint density at radius 3 is 3.00 bits per heavy atom. The number of halogens is 2. The molecule has 1 aliphatic heterocycles. The van der Waals surface area contributed by atoms with Gasteiger partial charge in [0.25, 0.3) is 0 Å². The third-order valence-electron chi connectivity index (χ3n) is 3.40. The quantitative estimate of drug-likeness (QED) is 0.873. The lowest BCUT2D eigenvalue weighted by atomic mass is 10.1. The van der Waals surface area contributed by atoms with Crippen LogP contribution in [-0.4, -0.2) is 18.5 Å². The van der Waals surface area contributed by atoms with E-state index in [1.54, 1.807) is 13.0 Å². The number of anilines is 1. The minimum Gasteiger partial charge on any atom is -0.324 e. The van der Waals surface area contributed by atoms with Crippen LogP contribution in [0.3, 0.4) is 0 Å². The molecule has 0 aromatic heterocycles. The van der Waals surface area contributed by atoms with Gasteiger partial charge >= 0.3 is 0 Å². The zero-order valence-corrected chi connectivity index (χ0v) is 12.5. The second-order valence-electron chi connectivity index (χ2n) is 4.93. The summed E-state index contributed by atoms with van der Waals surface area (Å²) in [5, 5.41) is 6.13. The minimum absolute atomic E-state index is 0.0384. The molecule has 2 N–H and O–H groups in total. The molecule has 1 heterocycles. The van der Waals surface area contributed by atoms with Gasteiger partial charge in [-0.3, -0.25) is 4.79 Å². The molecule has 1 aromatic rings. The lowest BCUT2D eigenvalue weighted by molar-refractivity contribution is -0.118. The van der Waals surface area contributed by atoms with Crippen LogP contribution in [0.1, 0.15) is 31.2 Å². The summed E-state index contributed by atoms with van der Waals surface area (Å²) in [6.07, 6.45) is 4.20. The average Bonchev–Trinajstić information content (AvgIpc) is 2.64. The molecular formula is C14H18BrFN2O. The summed E-state index contributed by atoms with van der Waals surface area (Å²) in [5.41, 5.74) is 1.38. The number of aryl methyl sites for hydroxylation is 1. The molecule has 3 nitrogen and oxygen atoms in total. The fraction of sp³-hybridized carbons (Fsp3) is 0.500. The Morgan fingerprint density at radius 1 is 1.42 bits per heavy atom. The van der Waals surface area contributed by atoms with E-state index in [0.717, 1.165) is 37.8 Å². The highest BCUT2D eigenvalue weighted by atomic mass is 79.9. The van der Waals surface area contributed by atoms with Crippen LogP contribution < -0.4 is 10.6 Å². The molecule has 2 rings (SSSR count). The number of carbonyl (C=O) groups is 1. The van der Waals surface area contributed by atoms with Crippen molar-refractivity contribution in [3.63, 3.8) is 0 Å². The third-order valence-corrected chi connectivity index (χ3v) is 4.01. The Morgan fingerprint density at radius 2 is 2.21 bits per heavy atom. The maximum absolute atomic E-state index is 13.3. The molecule has 5 heteroatoms. The molecule has 0 bridgehead atoms. The van der Waals surface area contributed by atoms with Crippen LogP contribution in [0.15, 0.2) is 16.6 Å². The van der Waals surface area contributed by atoms with Gasteiger partial charge in [-0.25, -0.2) is 4.39 Å². The van der Waals surface area contributed by atoms with E-state index < -0.39 is 0 Å². The largest absolute Gasteiger partial charge is 0.324 e. The maximum Gasteiger partial charge on any atom is 0.241 e. The van der Waals surface area contributed by atoms with Gasteiger partial charge < -0.3 is 10.6 Å².